The summed E-state index contributed by atoms with van der Waals surface area (Å²) in [7, 11) is 0. The largest absolute Gasteiger partial charge is 0.348 e. The number of amides is 1. The molecule has 2 heterocycles. The molecule has 2 atom stereocenters. The Bertz CT molecular complexity index is 731. The summed E-state index contributed by atoms with van der Waals surface area (Å²) in [5.74, 6) is -0.0974. The van der Waals surface area contributed by atoms with Gasteiger partial charge in [-0.3, -0.25) is 9.48 Å². The molecule has 1 aromatic carbocycles. The molecule has 1 aromatic heterocycles. The number of aromatic nitrogens is 2. The minimum absolute atomic E-state index is 0.0652. The number of aryl methyl sites for hydroxylation is 2. The van der Waals surface area contributed by atoms with Gasteiger partial charge < -0.3 is 10.6 Å². The number of rotatable bonds is 5. The van der Waals surface area contributed by atoms with Gasteiger partial charge in [-0.05, 0) is 63.8 Å². The summed E-state index contributed by atoms with van der Waals surface area (Å²) >= 11 is 0. The van der Waals surface area contributed by atoms with Crippen molar-refractivity contribution in [1.29, 1.82) is 0 Å². The van der Waals surface area contributed by atoms with E-state index in [-0.39, 0.29) is 11.9 Å². The summed E-state index contributed by atoms with van der Waals surface area (Å²) in [6.45, 7) is 8.25. The minimum atomic E-state index is -0.0974. The maximum Gasteiger partial charge on any atom is 0.271 e. The van der Waals surface area contributed by atoms with Crippen molar-refractivity contribution in [1.82, 2.24) is 20.4 Å². The molecule has 134 valence electrons. The molecule has 0 aliphatic carbocycles. The fourth-order valence-corrected chi connectivity index (χ4v) is 3.48. The van der Waals surface area contributed by atoms with Crippen LogP contribution in [0.2, 0.25) is 0 Å². The van der Waals surface area contributed by atoms with E-state index in [1.807, 2.05) is 23.9 Å². The van der Waals surface area contributed by atoms with Crippen LogP contribution in [0.25, 0.3) is 0 Å². The monoisotopic (exact) mass is 340 g/mol. The number of nitrogens with zero attached hydrogens (tertiary/aromatic N) is 2. The highest BCUT2D eigenvalue weighted by atomic mass is 16.2. The van der Waals surface area contributed by atoms with Crippen molar-refractivity contribution in [2.75, 3.05) is 13.1 Å². The SMILES string of the molecule is Cc1ccc(CC(C)NC(=O)c2ccn(C3CCCNC3)n2)c(C)c1. The molecule has 3 rings (SSSR count). The highest BCUT2D eigenvalue weighted by Gasteiger charge is 2.18. The Morgan fingerprint density at radius 1 is 1.40 bits per heavy atom. The Labute approximate surface area is 149 Å². The van der Waals surface area contributed by atoms with E-state index in [0.29, 0.717) is 11.7 Å². The van der Waals surface area contributed by atoms with Crippen molar-refractivity contribution >= 4 is 5.91 Å². The zero-order valence-electron chi connectivity index (χ0n) is 15.4. The molecule has 1 aliphatic rings. The second-order valence-electron chi connectivity index (χ2n) is 7.19. The lowest BCUT2D eigenvalue weighted by atomic mass is 10.00. The summed E-state index contributed by atoms with van der Waals surface area (Å²) < 4.78 is 1.93. The molecule has 5 nitrogen and oxygen atoms in total. The molecule has 2 unspecified atom stereocenters. The lowest BCUT2D eigenvalue weighted by molar-refractivity contribution is 0.0933. The van der Waals surface area contributed by atoms with Gasteiger partial charge in [-0.2, -0.15) is 5.10 Å². The number of hydrogen-bond donors (Lipinski definition) is 2. The minimum Gasteiger partial charge on any atom is -0.348 e. The van der Waals surface area contributed by atoms with Crippen molar-refractivity contribution < 1.29 is 4.79 Å². The lowest BCUT2D eigenvalue weighted by Crippen LogP contribution is -2.35. The van der Waals surface area contributed by atoms with Crippen molar-refractivity contribution in [3.8, 4) is 0 Å². The Kier molecular flexibility index (Phi) is 5.53. The van der Waals surface area contributed by atoms with Gasteiger partial charge in [0, 0.05) is 18.8 Å². The van der Waals surface area contributed by atoms with Gasteiger partial charge in [0.15, 0.2) is 0 Å². The first-order valence-corrected chi connectivity index (χ1v) is 9.16. The lowest BCUT2D eigenvalue weighted by Gasteiger charge is -2.22. The van der Waals surface area contributed by atoms with Crippen LogP contribution in [0, 0.1) is 13.8 Å². The first-order chi connectivity index (χ1) is 12.0. The van der Waals surface area contributed by atoms with E-state index in [2.05, 4.69) is 47.8 Å². The van der Waals surface area contributed by atoms with Crippen LogP contribution in [-0.2, 0) is 6.42 Å². The van der Waals surface area contributed by atoms with Gasteiger partial charge in [0.1, 0.15) is 5.69 Å². The predicted molar refractivity (Wildman–Crippen MR) is 99.9 cm³/mol. The average molecular weight is 340 g/mol. The molecule has 1 fully saturated rings. The third-order valence-electron chi connectivity index (χ3n) is 4.89. The smallest absolute Gasteiger partial charge is 0.271 e. The summed E-state index contributed by atoms with van der Waals surface area (Å²) in [5.41, 5.74) is 4.31. The molecule has 0 radical (unpaired) electrons. The van der Waals surface area contributed by atoms with Gasteiger partial charge in [-0.1, -0.05) is 23.8 Å². The molecule has 0 bridgehead atoms. The van der Waals surface area contributed by atoms with Gasteiger partial charge >= 0.3 is 0 Å². The number of nitrogens with one attached hydrogen (secondary N) is 2. The van der Waals surface area contributed by atoms with Crippen molar-refractivity contribution in [3.05, 3.63) is 52.8 Å². The Hall–Kier alpha value is -2.14. The van der Waals surface area contributed by atoms with E-state index in [1.165, 1.54) is 16.7 Å². The van der Waals surface area contributed by atoms with E-state index in [1.54, 1.807) is 0 Å². The van der Waals surface area contributed by atoms with E-state index in [0.717, 1.165) is 32.4 Å². The average Bonchev–Trinajstić information content (AvgIpc) is 3.08. The van der Waals surface area contributed by atoms with Crippen molar-refractivity contribution in [2.45, 2.75) is 52.1 Å². The Morgan fingerprint density at radius 3 is 2.96 bits per heavy atom. The van der Waals surface area contributed by atoms with E-state index >= 15 is 0 Å². The summed E-state index contributed by atoms with van der Waals surface area (Å²) in [6, 6.07) is 8.69. The topological polar surface area (TPSA) is 59.0 Å². The highest BCUT2D eigenvalue weighted by molar-refractivity contribution is 5.92. The van der Waals surface area contributed by atoms with E-state index in [9.17, 15) is 4.79 Å². The zero-order chi connectivity index (χ0) is 17.8. The number of hydrogen-bond acceptors (Lipinski definition) is 3. The van der Waals surface area contributed by atoms with Crippen LogP contribution >= 0.6 is 0 Å². The van der Waals surface area contributed by atoms with Crippen molar-refractivity contribution in [3.63, 3.8) is 0 Å². The second kappa shape index (κ2) is 7.83. The molecule has 2 aromatic rings. The fraction of sp³-hybridized carbons (Fsp3) is 0.500. The predicted octanol–water partition coefficient (Wildman–Crippen LogP) is 2.79. The van der Waals surface area contributed by atoms with Crippen LogP contribution in [0.5, 0.6) is 0 Å². The first kappa shape index (κ1) is 17.7. The molecular weight excluding hydrogens is 312 g/mol. The Balaban J connectivity index is 1.58. The number of piperidine rings is 1. The van der Waals surface area contributed by atoms with Gasteiger partial charge in [0.2, 0.25) is 0 Å². The van der Waals surface area contributed by atoms with Crippen LogP contribution in [0.3, 0.4) is 0 Å². The van der Waals surface area contributed by atoms with Crippen LogP contribution in [0.15, 0.2) is 30.5 Å². The second-order valence-corrected chi connectivity index (χ2v) is 7.19. The van der Waals surface area contributed by atoms with Gasteiger partial charge in [-0.15, -0.1) is 0 Å². The molecule has 0 spiro atoms. The van der Waals surface area contributed by atoms with Crippen molar-refractivity contribution in [2.24, 2.45) is 0 Å². The molecule has 1 saturated heterocycles. The fourth-order valence-electron chi connectivity index (χ4n) is 3.48. The standard InChI is InChI=1S/C20H28N4O/c1-14-6-7-17(15(2)11-14)12-16(3)22-20(25)19-8-10-24(23-19)18-5-4-9-21-13-18/h6-8,10-11,16,18,21H,4-5,9,12-13H2,1-3H3,(H,22,25). The quantitative estimate of drug-likeness (QED) is 0.880. The normalized spacial score (nSPS) is 18.8. The van der Waals surface area contributed by atoms with Crippen LogP contribution in [0.1, 0.15) is 53.0 Å². The maximum atomic E-state index is 12.5. The van der Waals surface area contributed by atoms with E-state index in [4.69, 9.17) is 0 Å². The third-order valence-corrected chi connectivity index (χ3v) is 4.89. The number of benzene rings is 1. The molecule has 2 N–H and O–H groups in total. The van der Waals surface area contributed by atoms with Gasteiger partial charge in [0.25, 0.3) is 5.91 Å². The Morgan fingerprint density at radius 2 is 2.24 bits per heavy atom. The summed E-state index contributed by atoms with van der Waals surface area (Å²) in [4.78, 5) is 12.5. The molecular formula is C20H28N4O. The maximum absolute atomic E-state index is 12.5. The molecule has 25 heavy (non-hydrogen) atoms. The molecule has 1 aliphatic heterocycles. The molecule has 5 heteroatoms. The number of carbonyl (C=O) groups is 1. The third kappa shape index (κ3) is 4.48. The summed E-state index contributed by atoms with van der Waals surface area (Å²) in [5, 5.41) is 10.9. The van der Waals surface area contributed by atoms with Gasteiger partial charge in [0.05, 0.1) is 6.04 Å². The highest BCUT2D eigenvalue weighted by Crippen LogP contribution is 2.16. The zero-order valence-corrected chi connectivity index (χ0v) is 15.4. The number of carbonyl (C=O) groups excluding carboxylic acids is 1. The van der Waals surface area contributed by atoms with E-state index < -0.39 is 0 Å². The first-order valence-electron chi connectivity index (χ1n) is 9.16. The molecule has 1 amide bonds. The summed E-state index contributed by atoms with van der Waals surface area (Å²) in [6.07, 6.45) is 5.00. The van der Waals surface area contributed by atoms with Gasteiger partial charge in [-0.25, -0.2) is 0 Å². The van der Waals surface area contributed by atoms with Crippen LogP contribution in [0.4, 0.5) is 0 Å². The van der Waals surface area contributed by atoms with Crippen LogP contribution < -0.4 is 10.6 Å². The molecule has 0 saturated carbocycles. The van der Waals surface area contributed by atoms with Crippen LogP contribution in [-0.4, -0.2) is 34.8 Å².